The number of hydrogen-bond donors (Lipinski definition) is 2. The molecule has 1 unspecified atom stereocenters. The fourth-order valence-corrected chi connectivity index (χ4v) is 4.58. The van der Waals surface area contributed by atoms with Crippen LogP contribution < -0.4 is 10.9 Å². The number of nitrogens with one attached hydrogen (secondary N) is 2. The summed E-state index contributed by atoms with van der Waals surface area (Å²) in [6.45, 7) is 4.70. The molecule has 0 bridgehead atoms. The SMILES string of the molecule is Cc1ccccc1C(C)NCc1nc2scc(-c3ccccc3Cl)c2c(=O)[nH]1. The lowest BCUT2D eigenvalue weighted by Crippen LogP contribution is -2.22. The third-order valence-electron chi connectivity index (χ3n) is 4.89. The van der Waals surface area contributed by atoms with E-state index in [4.69, 9.17) is 11.6 Å². The van der Waals surface area contributed by atoms with Gasteiger partial charge in [0.05, 0.1) is 11.9 Å². The van der Waals surface area contributed by atoms with Gasteiger partial charge in [0.2, 0.25) is 0 Å². The molecule has 28 heavy (non-hydrogen) atoms. The van der Waals surface area contributed by atoms with Crippen LogP contribution in [0.25, 0.3) is 21.3 Å². The lowest BCUT2D eigenvalue weighted by Gasteiger charge is -2.16. The van der Waals surface area contributed by atoms with E-state index in [9.17, 15) is 4.79 Å². The molecule has 0 saturated heterocycles. The molecule has 4 nitrogen and oxygen atoms in total. The van der Waals surface area contributed by atoms with Crippen LogP contribution in [-0.4, -0.2) is 9.97 Å². The van der Waals surface area contributed by atoms with Crippen molar-refractivity contribution in [2.75, 3.05) is 0 Å². The zero-order valence-corrected chi connectivity index (χ0v) is 17.2. The number of thiophene rings is 1. The van der Waals surface area contributed by atoms with Crippen LogP contribution in [0, 0.1) is 6.92 Å². The van der Waals surface area contributed by atoms with Gasteiger partial charge in [0.25, 0.3) is 5.56 Å². The Morgan fingerprint density at radius 2 is 1.89 bits per heavy atom. The molecular weight excluding hydrogens is 390 g/mol. The lowest BCUT2D eigenvalue weighted by atomic mass is 10.0. The molecule has 0 amide bonds. The Labute approximate surface area is 172 Å². The first-order valence-corrected chi connectivity index (χ1v) is 10.3. The minimum Gasteiger partial charge on any atom is -0.309 e. The predicted molar refractivity (Wildman–Crippen MR) is 117 cm³/mol. The Balaban J connectivity index is 1.62. The summed E-state index contributed by atoms with van der Waals surface area (Å²) in [4.78, 5) is 21.1. The molecular formula is C22H20ClN3OS. The standard InChI is InChI=1S/C22H20ClN3OS/c1-13-7-3-4-8-15(13)14(2)24-11-19-25-21(27)20-17(12-28-22(20)26-19)16-9-5-6-10-18(16)23/h3-10,12,14,24H,11H2,1-2H3,(H,25,26,27). The first kappa shape index (κ1) is 18.9. The smallest absolute Gasteiger partial charge is 0.260 e. The second kappa shape index (κ2) is 7.87. The molecule has 6 heteroatoms. The summed E-state index contributed by atoms with van der Waals surface area (Å²) in [7, 11) is 0. The molecule has 2 N–H and O–H groups in total. The summed E-state index contributed by atoms with van der Waals surface area (Å²) in [5.74, 6) is 0.630. The topological polar surface area (TPSA) is 57.8 Å². The molecule has 2 heterocycles. The van der Waals surface area contributed by atoms with Crippen molar-refractivity contribution in [1.82, 2.24) is 15.3 Å². The van der Waals surface area contributed by atoms with Crippen LogP contribution in [0.15, 0.2) is 58.7 Å². The van der Waals surface area contributed by atoms with Crippen molar-refractivity contribution in [2.24, 2.45) is 0 Å². The summed E-state index contributed by atoms with van der Waals surface area (Å²) in [6, 6.07) is 16.0. The van der Waals surface area contributed by atoms with E-state index in [1.54, 1.807) is 0 Å². The Morgan fingerprint density at radius 3 is 2.68 bits per heavy atom. The number of fused-ring (bicyclic) bond motifs is 1. The maximum absolute atomic E-state index is 12.8. The van der Waals surface area contributed by atoms with E-state index in [0.29, 0.717) is 22.8 Å². The van der Waals surface area contributed by atoms with Gasteiger partial charge >= 0.3 is 0 Å². The monoisotopic (exact) mass is 409 g/mol. The maximum atomic E-state index is 12.8. The van der Waals surface area contributed by atoms with Gasteiger partial charge in [-0.05, 0) is 31.0 Å². The second-order valence-corrected chi connectivity index (χ2v) is 8.05. The third-order valence-corrected chi connectivity index (χ3v) is 6.09. The molecule has 4 rings (SSSR count). The zero-order chi connectivity index (χ0) is 19.7. The van der Waals surface area contributed by atoms with Crippen molar-refractivity contribution in [2.45, 2.75) is 26.4 Å². The maximum Gasteiger partial charge on any atom is 0.260 e. The largest absolute Gasteiger partial charge is 0.309 e. The summed E-state index contributed by atoms with van der Waals surface area (Å²) >= 11 is 7.78. The van der Waals surface area contributed by atoms with Gasteiger partial charge in [0.15, 0.2) is 0 Å². The molecule has 0 aliphatic heterocycles. The highest BCUT2D eigenvalue weighted by Gasteiger charge is 2.15. The predicted octanol–water partition coefficient (Wildman–Crippen LogP) is 5.46. The Bertz CT molecular complexity index is 1200. The Hall–Kier alpha value is -2.47. The van der Waals surface area contributed by atoms with Crippen LogP contribution in [0.2, 0.25) is 5.02 Å². The van der Waals surface area contributed by atoms with Crippen LogP contribution in [0.4, 0.5) is 0 Å². The van der Waals surface area contributed by atoms with Gasteiger partial charge < -0.3 is 10.3 Å². The fraction of sp³-hybridized carbons (Fsp3) is 0.182. The molecule has 0 aliphatic carbocycles. The number of aromatic amines is 1. The zero-order valence-electron chi connectivity index (χ0n) is 15.6. The van der Waals surface area contributed by atoms with E-state index in [1.807, 2.05) is 41.8 Å². The van der Waals surface area contributed by atoms with Crippen molar-refractivity contribution >= 4 is 33.2 Å². The number of aromatic nitrogens is 2. The third kappa shape index (κ3) is 3.61. The summed E-state index contributed by atoms with van der Waals surface area (Å²) in [6.07, 6.45) is 0. The number of aryl methyl sites for hydroxylation is 1. The van der Waals surface area contributed by atoms with Crippen LogP contribution in [0.5, 0.6) is 0 Å². The Kier molecular flexibility index (Phi) is 5.31. The van der Waals surface area contributed by atoms with Crippen LogP contribution in [-0.2, 0) is 6.54 Å². The number of rotatable bonds is 5. The lowest BCUT2D eigenvalue weighted by molar-refractivity contribution is 0.557. The average molecular weight is 410 g/mol. The van der Waals surface area contributed by atoms with Gasteiger partial charge in [-0.1, -0.05) is 54.1 Å². The van der Waals surface area contributed by atoms with Gasteiger partial charge in [-0.25, -0.2) is 4.98 Å². The average Bonchev–Trinajstić information content (AvgIpc) is 3.11. The van der Waals surface area contributed by atoms with Gasteiger partial charge in [-0.15, -0.1) is 11.3 Å². The van der Waals surface area contributed by atoms with Crippen LogP contribution in [0.3, 0.4) is 0 Å². The van der Waals surface area contributed by atoms with E-state index in [0.717, 1.165) is 16.0 Å². The number of hydrogen-bond acceptors (Lipinski definition) is 4. The van der Waals surface area contributed by atoms with Gasteiger partial charge in [0, 0.05) is 27.6 Å². The summed E-state index contributed by atoms with van der Waals surface area (Å²) in [5.41, 5.74) is 4.01. The van der Waals surface area contributed by atoms with Crippen molar-refractivity contribution in [3.63, 3.8) is 0 Å². The first-order chi connectivity index (χ1) is 13.5. The molecule has 0 fully saturated rings. The number of nitrogens with zero attached hydrogens (tertiary/aromatic N) is 1. The number of H-pyrrole nitrogens is 1. The van der Waals surface area contributed by atoms with E-state index in [1.165, 1.54) is 22.5 Å². The molecule has 0 aliphatic rings. The Morgan fingerprint density at radius 1 is 1.14 bits per heavy atom. The normalized spacial score (nSPS) is 12.4. The number of halogens is 1. The van der Waals surface area contributed by atoms with Gasteiger partial charge in [0.1, 0.15) is 10.7 Å². The van der Waals surface area contributed by atoms with Crippen LogP contribution >= 0.6 is 22.9 Å². The highest BCUT2D eigenvalue weighted by atomic mass is 35.5. The number of benzene rings is 2. The summed E-state index contributed by atoms with van der Waals surface area (Å²) < 4.78 is 0. The molecule has 2 aromatic heterocycles. The molecule has 2 aromatic carbocycles. The minimum atomic E-state index is -0.137. The van der Waals surface area contributed by atoms with Crippen molar-refractivity contribution in [3.05, 3.63) is 86.2 Å². The van der Waals surface area contributed by atoms with Crippen molar-refractivity contribution in [3.8, 4) is 11.1 Å². The second-order valence-electron chi connectivity index (χ2n) is 6.78. The van der Waals surface area contributed by atoms with E-state index < -0.39 is 0 Å². The van der Waals surface area contributed by atoms with Crippen LogP contribution in [0.1, 0.15) is 29.9 Å². The quantitative estimate of drug-likeness (QED) is 0.460. The van der Waals surface area contributed by atoms with Crippen molar-refractivity contribution < 1.29 is 0 Å². The van der Waals surface area contributed by atoms with E-state index in [-0.39, 0.29) is 11.6 Å². The van der Waals surface area contributed by atoms with Crippen molar-refractivity contribution in [1.29, 1.82) is 0 Å². The molecule has 142 valence electrons. The first-order valence-electron chi connectivity index (χ1n) is 9.09. The molecule has 4 aromatic rings. The molecule has 0 spiro atoms. The van der Waals surface area contributed by atoms with E-state index >= 15 is 0 Å². The highest BCUT2D eigenvalue weighted by molar-refractivity contribution is 7.17. The fourth-order valence-electron chi connectivity index (χ4n) is 3.39. The molecule has 1 atom stereocenters. The van der Waals surface area contributed by atoms with Gasteiger partial charge in [-0.3, -0.25) is 4.79 Å². The van der Waals surface area contributed by atoms with E-state index in [2.05, 4.69) is 41.3 Å². The summed E-state index contributed by atoms with van der Waals surface area (Å²) in [5, 5.41) is 6.61. The molecule has 0 saturated carbocycles. The van der Waals surface area contributed by atoms with Gasteiger partial charge in [-0.2, -0.15) is 0 Å². The minimum absolute atomic E-state index is 0.137. The molecule has 0 radical (unpaired) electrons. The highest BCUT2D eigenvalue weighted by Crippen LogP contribution is 2.34.